The lowest BCUT2D eigenvalue weighted by molar-refractivity contribution is -0.132. The molecule has 0 bridgehead atoms. The van der Waals surface area contributed by atoms with Gasteiger partial charge in [-0.1, -0.05) is 24.3 Å². The van der Waals surface area contributed by atoms with E-state index >= 15 is 0 Å². The van der Waals surface area contributed by atoms with Crippen LogP contribution in [0, 0.1) is 12.7 Å². The van der Waals surface area contributed by atoms with Crippen LogP contribution in [0.4, 0.5) is 4.39 Å². The lowest BCUT2D eigenvalue weighted by atomic mass is 10.0. The van der Waals surface area contributed by atoms with Crippen molar-refractivity contribution in [3.8, 4) is 0 Å². The van der Waals surface area contributed by atoms with Crippen LogP contribution in [0.2, 0.25) is 0 Å². The van der Waals surface area contributed by atoms with Crippen molar-refractivity contribution >= 4 is 16.9 Å². The maximum Gasteiger partial charge on any atom is 0.223 e. The molecule has 1 aromatic heterocycles. The van der Waals surface area contributed by atoms with Gasteiger partial charge in [-0.25, -0.2) is 9.37 Å². The van der Waals surface area contributed by atoms with Crippen molar-refractivity contribution in [2.75, 3.05) is 19.6 Å². The quantitative estimate of drug-likeness (QED) is 0.746. The number of aromatic nitrogens is 2. The van der Waals surface area contributed by atoms with E-state index in [1.807, 2.05) is 30.0 Å². The van der Waals surface area contributed by atoms with Gasteiger partial charge in [0.1, 0.15) is 11.6 Å². The fourth-order valence-electron chi connectivity index (χ4n) is 3.62. The zero-order valence-corrected chi connectivity index (χ0v) is 15.3. The number of rotatable bonds is 4. The number of carbonyl (C=O) groups is 1. The zero-order chi connectivity index (χ0) is 18.8. The molecule has 1 aliphatic rings. The number of benzene rings is 2. The first-order chi connectivity index (χ1) is 13.1. The number of amides is 1. The summed E-state index contributed by atoms with van der Waals surface area (Å²) in [6.07, 6.45) is 1.02. The molecule has 1 fully saturated rings. The highest BCUT2D eigenvalue weighted by atomic mass is 19.1. The summed E-state index contributed by atoms with van der Waals surface area (Å²) in [6, 6.07) is 12.6. The molecule has 1 atom stereocenters. The number of fused-ring (bicyclic) bond motifs is 1. The third-order valence-electron chi connectivity index (χ3n) is 5.14. The number of halogens is 1. The Morgan fingerprint density at radius 2 is 2.07 bits per heavy atom. The molecule has 1 unspecified atom stereocenters. The average Bonchev–Trinajstić information content (AvgIpc) is 3.11. The summed E-state index contributed by atoms with van der Waals surface area (Å²) in [6.45, 7) is 4.06. The molecule has 5 nitrogen and oxygen atoms in total. The van der Waals surface area contributed by atoms with E-state index in [0.29, 0.717) is 25.9 Å². The number of hydrogen-bond acceptors (Lipinski definition) is 3. The van der Waals surface area contributed by atoms with Crippen LogP contribution in [0.15, 0.2) is 42.5 Å². The molecule has 0 radical (unpaired) electrons. The SMILES string of the molecule is Cc1cccc2[nH]c(CCC(=O)N3CCNC(c4ccc(F)cc4)C3)nc12. The highest BCUT2D eigenvalue weighted by Gasteiger charge is 2.24. The van der Waals surface area contributed by atoms with Crippen LogP contribution in [0.25, 0.3) is 11.0 Å². The summed E-state index contributed by atoms with van der Waals surface area (Å²) in [7, 11) is 0. The van der Waals surface area contributed by atoms with Crippen LogP contribution in [0.1, 0.15) is 29.4 Å². The molecule has 140 valence electrons. The van der Waals surface area contributed by atoms with E-state index < -0.39 is 0 Å². The van der Waals surface area contributed by atoms with Crippen LogP contribution in [-0.4, -0.2) is 40.4 Å². The summed E-state index contributed by atoms with van der Waals surface area (Å²) in [5.74, 6) is 0.724. The first kappa shape index (κ1) is 17.7. The van der Waals surface area contributed by atoms with Crippen LogP contribution in [-0.2, 0) is 11.2 Å². The highest BCUT2D eigenvalue weighted by molar-refractivity contribution is 5.79. The van der Waals surface area contributed by atoms with Crippen LogP contribution in [0.5, 0.6) is 0 Å². The Morgan fingerprint density at radius 1 is 1.26 bits per heavy atom. The fraction of sp³-hybridized carbons (Fsp3) is 0.333. The van der Waals surface area contributed by atoms with Gasteiger partial charge < -0.3 is 15.2 Å². The number of para-hydroxylation sites is 1. The topological polar surface area (TPSA) is 61.0 Å². The smallest absolute Gasteiger partial charge is 0.223 e. The Bertz CT molecular complexity index is 950. The Balaban J connectivity index is 1.38. The highest BCUT2D eigenvalue weighted by Crippen LogP contribution is 2.19. The second-order valence-corrected chi connectivity index (χ2v) is 7.05. The molecule has 6 heteroatoms. The van der Waals surface area contributed by atoms with Gasteiger partial charge in [-0.15, -0.1) is 0 Å². The van der Waals surface area contributed by atoms with E-state index in [4.69, 9.17) is 0 Å². The van der Waals surface area contributed by atoms with Gasteiger partial charge in [0.05, 0.1) is 11.0 Å². The number of hydrogen-bond donors (Lipinski definition) is 2. The number of aromatic amines is 1. The van der Waals surface area contributed by atoms with Crippen molar-refractivity contribution in [1.29, 1.82) is 0 Å². The summed E-state index contributed by atoms with van der Waals surface area (Å²) in [5, 5.41) is 3.40. The second-order valence-electron chi connectivity index (χ2n) is 7.05. The number of H-pyrrole nitrogens is 1. The lowest BCUT2D eigenvalue weighted by Gasteiger charge is -2.34. The monoisotopic (exact) mass is 366 g/mol. The minimum atomic E-state index is -0.247. The maximum absolute atomic E-state index is 13.1. The van der Waals surface area contributed by atoms with Crippen molar-refractivity contribution in [1.82, 2.24) is 20.2 Å². The molecule has 27 heavy (non-hydrogen) atoms. The van der Waals surface area contributed by atoms with Gasteiger partial charge in [0, 0.05) is 38.5 Å². The van der Waals surface area contributed by atoms with E-state index in [9.17, 15) is 9.18 Å². The molecule has 2 heterocycles. The summed E-state index contributed by atoms with van der Waals surface area (Å²) in [5.41, 5.74) is 4.11. The van der Waals surface area contributed by atoms with Crippen molar-refractivity contribution < 1.29 is 9.18 Å². The summed E-state index contributed by atoms with van der Waals surface area (Å²) >= 11 is 0. The van der Waals surface area contributed by atoms with Gasteiger partial charge in [0.25, 0.3) is 0 Å². The third-order valence-corrected chi connectivity index (χ3v) is 5.14. The minimum Gasteiger partial charge on any atom is -0.342 e. The number of carbonyl (C=O) groups excluding carboxylic acids is 1. The Labute approximate surface area is 157 Å². The molecule has 0 saturated carbocycles. The number of aryl methyl sites for hydroxylation is 2. The molecule has 1 saturated heterocycles. The van der Waals surface area contributed by atoms with E-state index in [1.165, 1.54) is 12.1 Å². The maximum atomic E-state index is 13.1. The minimum absolute atomic E-state index is 0.0390. The number of nitrogens with zero attached hydrogens (tertiary/aromatic N) is 2. The van der Waals surface area contributed by atoms with Crippen molar-refractivity contribution in [3.05, 3.63) is 65.2 Å². The molecule has 4 rings (SSSR count). The first-order valence-corrected chi connectivity index (χ1v) is 9.31. The average molecular weight is 366 g/mol. The van der Waals surface area contributed by atoms with Gasteiger partial charge in [0.15, 0.2) is 0 Å². The third kappa shape index (κ3) is 3.85. The van der Waals surface area contributed by atoms with E-state index in [-0.39, 0.29) is 17.8 Å². The zero-order valence-electron chi connectivity index (χ0n) is 15.3. The van der Waals surface area contributed by atoms with E-state index in [2.05, 4.69) is 15.3 Å². The van der Waals surface area contributed by atoms with Crippen LogP contribution in [0.3, 0.4) is 0 Å². The standard InChI is InChI=1S/C21H23FN4O/c1-14-3-2-4-17-21(14)25-19(24-17)9-10-20(27)26-12-11-23-18(13-26)15-5-7-16(22)8-6-15/h2-8,18,23H,9-13H2,1H3,(H,24,25). The van der Waals surface area contributed by atoms with Crippen molar-refractivity contribution in [3.63, 3.8) is 0 Å². The van der Waals surface area contributed by atoms with E-state index in [0.717, 1.165) is 34.5 Å². The van der Waals surface area contributed by atoms with Gasteiger partial charge in [-0.05, 0) is 36.2 Å². The summed E-state index contributed by atoms with van der Waals surface area (Å²) < 4.78 is 13.1. The molecule has 2 N–H and O–H groups in total. The predicted molar refractivity (Wildman–Crippen MR) is 103 cm³/mol. The molecule has 1 amide bonds. The van der Waals surface area contributed by atoms with Crippen LogP contribution < -0.4 is 5.32 Å². The van der Waals surface area contributed by atoms with Gasteiger partial charge >= 0.3 is 0 Å². The van der Waals surface area contributed by atoms with Crippen molar-refractivity contribution in [2.45, 2.75) is 25.8 Å². The molecule has 0 aliphatic carbocycles. The molecular weight excluding hydrogens is 343 g/mol. The van der Waals surface area contributed by atoms with E-state index in [1.54, 1.807) is 12.1 Å². The summed E-state index contributed by atoms with van der Waals surface area (Å²) in [4.78, 5) is 22.5. The number of imidazole rings is 1. The largest absolute Gasteiger partial charge is 0.342 e. The number of nitrogens with one attached hydrogen (secondary N) is 2. The Hall–Kier alpha value is -2.73. The second kappa shape index (κ2) is 7.48. The van der Waals surface area contributed by atoms with Crippen molar-refractivity contribution in [2.24, 2.45) is 0 Å². The molecule has 1 aliphatic heterocycles. The fourth-order valence-corrected chi connectivity index (χ4v) is 3.62. The lowest BCUT2D eigenvalue weighted by Crippen LogP contribution is -2.48. The molecular formula is C21H23FN4O. The van der Waals surface area contributed by atoms with Gasteiger partial charge in [-0.2, -0.15) is 0 Å². The first-order valence-electron chi connectivity index (χ1n) is 9.31. The van der Waals surface area contributed by atoms with Gasteiger partial charge in [0.2, 0.25) is 5.91 Å². The van der Waals surface area contributed by atoms with Gasteiger partial charge in [-0.3, -0.25) is 4.79 Å². The molecule has 3 aromatic rings. The molecule has 0 spiro atoms. The van der Waals surface area contributed by atoms with Crippen LogP contribution >= 0.6 is 0 Å². The predicted octanol–water partition coefficient (Wildman–Crippen LogP) is 3.12. The Kier molecular flexibility index (Phi) is 4.90. The number of piperazine rings is 1. The molecule has 2 aromatic carbocycles. The Morgan fingerprint density at radius 3 is 2.85 bits per heavy atom. The normalized spacial score (nSPS) is 17.4.